The zero-order valence-corrected chi connectivity index (χ0v) is 9.40. The van der Waals surface area contributed by atoms with E-state index in [4.69, 9.17) is 15.2 Å². The third-order valence-electron chi connectivity index (χ3n) is 2.22. The number of hydrogen-bond donors (Lipinski definition) is 1. The van der Waals surface area contributed by atoms with Crippen molar-refractivity contribution in [3.8, 4) is 5.75 Å². The first-order valence-corrected chi connectivity index (χ1v) is 5.21. The summed E-state index contributed by atoms with van der Waals surface area (Å²) in [5.41, 5.74) is 6.70. The van der Waals surface area contributed by atoms with Crippen molar-refractivity contribution in [3.63, 3.8) is 0 Å². The van der Waals surface area contributed by atoms with Crippen LogP contribution in [-0.2, 0) is 11.2 Å². The molecule has 1 rings (SSSR count). The number of methoxy groups -OCH3 is 1. The molecule has 0 aliphatic heterocycles. The molecule has 1 aromatic rings. The van der Waals surface area contributed by atoms with Gasteiger partial charge in [-0.2, -0.15) is 0 Å². The predicted octanol–water partition coefficient (Wildman–Crippen LogP) is 1.60. The molecule has 1 atom stereocenters. The lowest BCUT2D eigenvalue weighted by molar-refractivity contribution is 0.0716. The van der Waals surface area contributed by atoms with Crippen LogP contribution in [0.3, 0.4) is 0 Å². The summed E-state index contributed by atoms with van der Waals surface area (Å²) in [5, 5.41) is 0. The second-order valence-corrected chi connectivity index (χ2v) is 3.54. The van der Waals surface area contributed by atoms with Crippen LogP contribution in [0.4, 0.5) is 0 Å². The molecule has 0 saturated carbocycles. The Morgan fingerprint density at radius 3 is 2.87 bits per heavy atom. The highest BCUT2D eigenvalue weighted by Crippen LogP contribution is 2.13. The smallest absolute Gasteiger partial charge is 0.119 e. The third kappa shape index (κ3) is 4.32. The molecule has 0 fully saturated rings. The molecule has 2 N–H and O–H groups in total. The van der Waals surface area contributed by atoms with E-state index < -0.39 is 0 Å². The Labute approximate surface area is 91.2 Å². The van der Waals surface area contributed by atoms with Crippen molar-refractivity contribution < 1.29 is 9.47 Å². The van der Waals surface area contributed by atoms with Gasteiger partial charge in [-0.15, -0.1) is 0 Å². The molecule has 0 aliphatic carbocycles. The SMILES string of the molecule is COC(C)COc1cccc(CCN)c1. The van der Waals surface area contributed by atoms with Gasteiger partial charge in [0, 0.05) is 7.11 Å². The number of ether oxygens (including phenoxy) is 2. The Bertz CT molecular complexity index is 289. The van der Waals surface area contributed by atoms with Gasteiger partial charge in [0.15, 0.2) is 0 Å². The molecule has 0 amide bonds. The number of rotatable bonds is 6. The van der Waals surface area contributed by atoms with Crippen LogP contribution in [0, 0.1) is 0 Å². The van der Waals surface area contributed by atoms with E-state index in [1.54, 1.807) is 7.11 Å². The predicted molar refractivity (Wildman–Crippen MR) is 61.2 cm³/mol. The van der Waals surface area contributed by atoms with Gasteiger partial charge in [0.25, 0.3) is 0 Å². The molecule has 0 saturated heterocycles. The lowest BCUT2D eigenvalue weighted by atomic mass is 10.1. The molecular formula is C12H19NO2. The maximum atomic E-state index is 5.58. The Balaban J connectivity index is 2.50. The number of benzene rings is 1. The Morgan fingerprint density at radius 2 is 2.20 bits per heavy atom. The standard InChI is InChI=1S/C12H19NO2/c1-10(14-2)9-15-12-5-3-4-11(8-12)6-7-13/h3-5,8,10H,6-7,9,13H2,1-2H3. The second kappa shape index (κ2) is 6.43. The Morgan fingerprint density at radius 1 is 1.40 bits per heavy atom. The zero-order valence-electron chi connectivity index (χ0n) is 9.40. The highest BCUT2D eigenvalue weighted by Gasteiger charge is 2.01. The first kappa shape index (κ1) is 12.0. The van der Waals surface area contributed by atoms with E-state index in [2.05, 4.69) is 6.07 Å². The van der Waals surface area contributed by atoms with Crippen LogP contribution in [0.1, 0.15) is 12.5 Å². The normalized spacial score (nSPS) is 12.5. The summed E-state index contributed by atoms with van der Waals surface area (Å²) in [5.74, 6) is 0.879. The van der Waals surface area contributed by atoms with Crippen molar-refractivity contribution >= 4 is 0 Å². The van der Waals surface area contributed by atoms with Gasteiger partial charge in [-0.05, 0) is 37.6 Å². The minimum Gasteiger partial charge on any atom is -0.491 e. The van der Waals surface area contributed by atoms with Crippen molar-refractivity contribution in [2.45, 2.75) is 19.4 Å². The van der Waals surface area contributed by atoms with E-state index in [1.807, 2.05) is 25.1 Å². The summed E-state index contributed by atoms with van der Waals surface area (Å²) >= 11 is 0. The Kier molecular flexibility index (Phi) is 5.15. The molecule has 84 valence electrons. The quantitative estimate of drug-likeness (QED) is 0.774. The summed E-state index contributed by atoms with van der Waals surface area (Å²) in [4.78, 5) is 0. The van der Waals surface area contributed by atoms with Crippen LogP contribution in [0.15, 0.2) is 24.3 Å². The van der Waals surface area contributed by atoms with Gasteiger partial charge in [-0.1, -0.05) is 12.1 Å². The molecule has 1 aromatic carbocycles. The van der Waals surface area contributed by atoms with Gasteiger partial charge in [0.05, 0.1) is 6.10 Å². The summed E-state index contributed by atoms with van der Waals surface area (Å²) in [6.45, 7) is 3.21. The van der Waals surface area contributed by atoms with E-state index in [1.165, 1.54) is 5.56 Å². The molecule has 0 radical (unpaired) electrons. The van der Waals surface area contributed by atoms with E-state index in [0.29, 0.717) is 13.2 Å². The third-order valence-corrected chi connectivity index (χ3v) is 2.22. The largest absolute Gasteiger partial charge is 0.491 e. The van der Waals surface area contributed by atoms with Crippen molar-refractivity contribution in [2.24, 2.45) is 5.73 Å². The van der Waals surface area contributed by atoms with Gasteiger partial charge in [-0.3, -0.25) is 0 Å². The van der Waals surface area contributed by atoms with Crippen LogP contribution >= 0.6 is 0 Å². The highest BCUT2D eigenvalue weighted by molar-refractivity contribution is 5.28. The average molecular weight is 209 g/mol. The average Bonchev–Trinajstić information content (AvgIpc) is 2.27. The first-order chi connectivity index (χ1) is 7.26. The minimum atomic E-state index is 0.114. The van der Waals surface area contributed by atoms with Crippen molar-refractivity contribution in [3.05, 3.63) is 29.8 Å². The van der Waals surface area contributed by atoms with Crippen LogP contribution in [0.5, 0.6) is 5.75 Å². The second-order valence-electron chi connectivity index (χ2n) is 3.54. The molecule has 3 heteroatoms. The maximum Gasteiger partial charge on any atom is 0.119 e. The fraction of sp³-hybridized carbons (Fsp3) is 0.500. The van der Waals surface area contributed by atoms with Crippen LogP contribution in [0.2, 0.25) is 0 Å². The van der Waals surface area contributed by atoms with E-state index in [-0.39, 0.29) is 6.10 Å². The monoisotopic (exact) mass is 209 g/mol. The van der Waals surface area contributed by atoms with Gasteiger partial charge in [0.2, 0.25) is 0 Å². The summed E-state index contributed by atoms with van der Waals surface area (Å²) in [6, 6.07) is 8.01. The van der Waals surface area contributed by atoms with Gasteiger partial charge in [-0.25, -0.2) is 0 Å². The fourth-order valence-corrected chi connectivity index (χ4v) is 1.24. The molecule has 0 aromatic heterocycles. The molecule has 3 nitrogen and oxygen atoms in total. The molecule has 0 aliphatic rings. The van der Waals surface area contributed by atoms with Gasteiger partial charge in [0.1, 0.15) is 12.4 Å². The van der Waals surface area contributed by atoms with Crippen molar-refractivity contribution in [1.82, 2.24) is 0 Å². The minimum absolute atomic E-state index is 0.114. The van der Waals surface area contributed by atoms with Gasteiger partial charge < -0.3 is 15.2 Å². The van der Waals surface area contributed by atoms with Crippen LogP contribution in [-0.4, -0.2) is 26.4 Å². The molecule has 0 bridgehead atoms. The van der Waals surface area contributed by atoms with Crippen molar-refractivity contribution in [1.29, 1.82) is 0 Å². The lowest BCUT2D eigenvalue weighted by Crippen LogP contribution is -2.16. The number of hydrogen-bond acceptors (Lipinski definition) is 3. The van der Waals surface area contributed by atoms with E-state index >= 15 is 0 Å². The van der Waals surface area contributed by atoms with E-state index in [0.717, 1.165) is 12.2 Å². The summed E-state index contributed by atoms with van der Waals surface area (Å²) in [7, 11) is 1.68. The summed E-state index contributed by atoms with van der Waals surface area (Å²) < 4.78 is 10.7. The molecular weight excluding hydrogens is 190 g/mol. The van der Waals surface area contributed by atoms with Crippen LogP contribution in [0.25, 0.3) is 0 Å². The molecule has 1 unspecified atom stereocenters. The fourth-order valence-electron chi connectivity index (χ4n) is 1.24. The Hall–Kier alpha value is -1.06. The summed E-state index contributed by atoms with van der Waals surface area (Å²) in [6.07, 6.45) is 1.000. The van der Waals surface area contributed by atoms with E-state index in [9.17, 15) is 0 Å². The van der Waals surface area contributed by atoms with Crippen LogP contribution < -0.4 is 10.5 Å². The van der Waals surface area contributed by atoms with Crippen molar-refractivity contribution in [2.75, 3.05) is 20.3 Å². The number of nitrogens with two attached hydrogens (primary N) is 1. The lowest BCUT2D eigenvalue weighted by Gasteiger charge is -2.12. The first-order valence-electron chi connectivity index (χ1n) is 5.21. The maximum absolute atomic E-state index is 5.58. The molecule has 0 heterocycles. The highest BCUT2D eigenvalue weighted by atomic mass is 16.5. The molecule has 15 heavy (non-hydrogen) atoms. The topological polar surface area (TPSA) is 44.5 Å². The van der Waals surface area contributed by atoms with Gasteiger partial charge >= 0.3 is 0 Å². The zero-order chi connectivity index (χ0) is 11.1. The molecule has 0 spiro atoms.